The van der Waals surface area contributed by atoms with E-state index in [2.05, 4.69) is 10.5 Å². The van der Waals surface area contributed by atoms with Crippen molar-refractivity contribution < 1.29 is 13.6 Å². The second kappa shape index (κ2) is 5.67. The van der Waals surface area contributed by atoms with Crippen LogP contribution < -0.4 is 5.43 Å². The molecule has 6 heteroatoms. The largest absolute Gasteiger partial charge is 0.469 e. The molecule has 1 N–H and O–H groups in total. The van der Waals surface area contributed by atoms with E-state index in [1.165, 1.54) is 30.5 Å². The van der Waals surface area contributed by atoms with Crippen LogP contribution in [0.15, 0.2) is 40.0 Å². The minimum Gasteiger partial charge on any atom is -0.469 e. The van der Waals surface area contributed by atoms with Crippen LogP contribution in [-0.2, 0) is 0 Å². The number of halogens is 2. The Morgan fingerprint density at radius 1 is 1.47 bits per heavy atom. The molecular weight excluding hydrogens is 271 g/mol. The minimum atomic E-state index is -0.509. The van der Waals surface area contributed by atoms with Crippen molar-refractivity contribution in [2.75, 3.05) is 0 Å². The number of hydrazone groups is 1. The SMILES string of the molecule is Cc1occc1C(=O)NN=Cc1c(F)cccc1Cl. The Balaban J connectivity index is 2.09. The Labute approximate surface area is 113 Å². The van der Waals surface area contributed by atoms with E-state index in [9.17, 15) is 9.18 Å². The molecule has 98 valence electrons. The third kappa shape index (κ3) is 3.00. The van der Waals surface area contributed by atoms with E-state index < -0.39 is 11.7 Å². The molecule has 0 atom stereocenters. The number of nitrogens with one attached hydrogen (secondary N) is 1. The summed E-state index contributed by atoms with van der Waals surface area (Å²) in [5.41, 5.74) is 2.76. The second-order valence-corrected chi connectivity index (χ2v) is 4.13. The lowest BCUT2D eigenvalue weighted by atomic mass is 10.2. The van der Waals surface area contributed by atoms with Crippen LogP contribution in [0.3, 0.4) is 0 Å². The van der Waals surface area contributed by atoms with Gasteiger partial charge in [-0.3, -0.25) is 4.79 Å². The standard InChI is InChI=1S/C13H10ClFN2O2/c1-8-9(5-6-19-8)13(18)17-16-7-10-11(14)3-2-4-12(10)15/h2-7H,1H3,(H,17,18). The molecule has 0 fully saturated rings. The molecule has 0 unspecified atom stereocenters. The number of aryl methyl sites for hydroxylation is 1. The topological polar surface area (TPSA) is 54.6 Å². The molecule has 1 amide bonds. The molecule has 0 aliphatic rings. The van der Waals surface area contributed by atoms with E-state index >= 15 is 0 Å². The zero-order chi connectivity index (χ0) is 13.8. The fourth-order valence-electron chi connectivity index (χ4n) is 1.47. The lowest BCUT2D eigenvalue weighted by Crippen LogP contribution is -2.17. The zero-order valence-electron chi connectivity index (χ0n) is 9.98. The Bertz CT molecular complexity index is 617. The van der Waals surface area contributed by atoms with Gasteiger partial charge in [-0.1, -0.05) is 17.7 Å². The molecule has 0 aliphatic heterocycles. The zero-order valence-corrected chi connectivity index (χ0v) is 10.7. The maximum atomic E-state index is 13.4. The van der Waals surface area contributed by atoms with Gasteiger partial charge in [0.25, 0.3) is 5.91 Å². The lowest BCUT2D eigenvalue weighted by molar-refractivity contribution is 0.0953. The fourth-order valence-corrected chi connectivity index (χ4v) is 1.68. The summed E-state index contributed by atoms with van der Waals surface area (Å²) >= 11 is 5.81. The van der Waals surface area contributed by atoms with E-state index in [1.807, 2.05) is 0 Å². The van der Waals surface area contributed by atoms with Gasteiger partial charge < -0.3 is 4.42 Å². The van der Waals surface area contributed by atoms with Crippen molar-refractivity contribution in [1.29, 1.82) is 0 Å². The summed E-state index contributed by atoms with van der Waals surface area (Å²) in [5, 5.41) is 3.89. The second-order valence-electron chi connectivity index (χ2n) is 3.72. The average molecular weight is 281 g/mol. The maximum Gasteiger partial charge on any atom is 0.274 e. The van der Waals surface area contributed by atoms with Gasteiger partial charge in [0.1, 0.15) is 11.6 Å². The monoisotopic (exact) mass is 280 g/mol. The van der Waals surface area contributed by atoms with Crippen LogP contribution in [0, 0.1) is 12.7 Å². The number of carbonyl (C=O) groups is 1. The predicted octanol–water partition coefficient (Wildman–Crippen LogP) is 3.14. The first-order valence-electron chi connectivity index (χ1n) is 5.41. The van der Waals surface area contributed by atoms with Crippen molar-refractivity contribution in [3.8, 4) is 0 Å². The van der Waals surface area contributed by atoms with Crippen molar-refractivity contribution in [2.24, 2.45) is 5.10 Å². The molecular formula is C13H10ClFN2O2. The minimum absolute atomic E-state index is 0.119. The van der Waals surface area contributed by atoms with E-state index in [0.29, 0.717) is 11.3 Å². The first-order chi connectivity index (χ1) is 9.09. The summed E-state index contributed by atoms with van der Waals surface area (Å²) in [4.78, 5) is 11.7. The highest BCUT2D eigenvalue weighted by Gasteiger charge is 2.10. The van der Waals surface area contributed by atoms with Gasteiger partial charge in [-0.2, -0.15) is 5.10 Å². The molecule has 2 rings (SSSR count). The molecule has 4 nitrogen and oxygen atoms in total. The van der Waals surface area contributed by atoms with Gasteiger partial charge >= 0.3 is 0 Å². The van der Waals surface area contributed by atoms with Crippen LogP contribution in [0.1, 0.15) is 21.7 Å². The van der Waals surface area contributed by atoms with Crippen LogP contribution in [0.25, 0.3) is 0 Å². The molecule has 1 aromatic carbocycles. The van der Waals surface area contributed by atoms with Gasteiger partial charge in [-0.05, 0) is 25.1 Å². The fraction of sp³-hybridized carbons (Fsp3) is 0.0769. The molecule has 0 aliphatic carbocycles. The molecule has 0 spiro atoms. The van der Waals surface area contributed by atoms with Gasteiger partial charge in [0, 0.05) is 5.56 Å². The van der Waals surface area contributed by atoms with Gasteiger partial charge in [-0.25, -0.2) is 9.82 Å². The predicted molar refractivity (Wildman–Crippen MR) is 69.9 cm³/mol. The van der Waals surface area contributed by atoms with Crippen LogP contribution >= 0.6 is 11.6 Å². The number of rotatable bonds is 3. The molecule has 19 heavy (non-hydrogen) atoms. The normalized spacial score (nSPS) is 10.9. The van der Waals surface area contributed by atoms with E-state index in [4.69, 9.17) is 16.0 Å². The molecule has 1 heterocycles. The van der Waals surface area contributed by atoms with Gasteiger partial charge in [0.05, 0.1) is 23.1 Å². The van der Waals surface area contributed by atoms with Crippen LogP contribution in [0.5, 0.6) is 0 Å². The number of furan rings is 1. The first kappa shape index (κ1) is 13.3. The smallest absolute Gasteiger partial charge is 0.274 e. The van der Waals surface area contributed by atoms with Gasteiger partial charge in [0.2, 0.25) is 0 Å². The van der Waals surface area contributed by atoms with Crippen LogP contribution in [0.2, 0.25) is 5.02 Å². The number of hydrogen-bond acceptors (Lipinski definition) is 3. The summed E-state index contributed by atoms with van der Waals surface area (Å²) < 4.78 is 18.4. The highest BCUT2D eigenvalue weighted by atomic mass is 35.5. The summed E-state index contributed by atoms with van der Waals surface area (Å²) in [6.07, 6.45) is 2.56. The molecule has 1 aromatic heterocycles. The molecule has 0 radical (unpaired) electrons. The van der Waals surface area contributed by atoms with Crippen molar-refractivity contribution in [3.05, 3.63) is 58.3 Å². The molecule has 0 saturated heterocycles. The number of carbonyl (C=O) groups excluding carboxylic acids is 1. The summed E-state index contributed by atoms with van der Waals surface area (Å²) in [6, 6.07) is 5.81. The molecule has 0 saturated carbocycles. The first-order valence-corrected chi connectivity index (χ1v) is 5.79. The molecule has 2 aromatic rings. The number of nitrogens with zero attached hydrogens (tertiary/aromatic N) is 1. The maximum absolute atomic E-state index is 13.4. The third-order valence-corrected chi connectivity index (χ3v) is 2.79. The third-order valence-electron chi connectivity index (χ3n) is 2.46. The van der Waals surface area contributed by atoms with E-state index in [0.717, 1.165) is 6.21 Å². The summed E-state index contributed by atoms with van der Waals surface area (Å²) in [6.45, 7) is 1.66. The quantitative estimate of drug-likeness (QED) is 0.694. The number of amides is 1. The number of benzene rings is 1. The van der Waals surface area contributed by atoms with Crippen molar-refractivity contribution >= 4 is 23.7 Å². The summed E-state index contributed by atoms with van der Waals surface area (Å²) in [7, 11) is 0. The lowest BCUT2D eigenvalue weighted by Gasteiger charge is -2.00. The van der Waals surface area contributed by atoms with Crippen molar-refractivity contribution in [2.45, 2.75) is 6.92 Å². The van der Waals surface area contributed by atoms with Crippen LogP contribution in [0.4, 0.5) is 4.39 Å². The highest BCUT2D eigenvalue weighted by molar-refractivity contribution is 6.33. The Kier molecular flexibility index (Phi) is 3.97. The van der Waals surface area contributed by atoms with Crippen molar-refractivity contribution in [3.63, 3.8) is 0 Å². The summed E-state index contributed by atoms with van der Waals surface area (Å²) in [5.74, 6) is -0.462. The van der Waals surface area contributed by atoms with E-state index in [1.54, 1.807) is 6.92 Å². The Morgan fingerprint density at radius 3 is 2.89 bits per heavy atom. The van der Waals surface area contributed by atoms with Crippen molar-refractivity contribution in [1.82, 2.24) is 5.43 Å². The number of hydrogen-bond donors (Lipinski definition) is 1. The van der Waals surface area contributed by atoms with E-state index in [-0.39, 0.29) is 10.6 Å². The molecule has 0 bridgehead atoms. The Morgan fingerprint density at radius 2 is 2.26 bits per heavy atom. The Hall–Kier alpha value is -2.14. The average Bonchev–Trinajstić information content (AvgIpc) is 2.79. The van der Waals surface area contributed by atoms with Gasteiger partial charge in [0.15, 0.2) is 0 Å². The van der Waals surface area contributed by atoms with Crippen LogP contribution in [-0.4, -0.2) is 12.1 Å². The van der Waals surface area contributed by atoms with Gasteiger partial charge in [-0.15, -0.1) is 0 Å². The highest BCUT2D eigenvalue weighted by Crippen LogP contribution is 2.16.